The quantitative estimate of drug-likeness (QED) is 0.578. The summed E-state index contributed by atoms with van der Waals surface area (Å²) in [6.45, 7) is 0.650. The van der Waals surface area contributed by atoms with Crippen LogP contribution in [0.1, 0.15) is 5.56 Å². The average molecular weight is 294 g/mol. The summed E-state index contributed by atoms with van der Waals surface area (Å²) in [6.07, 6.45) is 3.63. The molecule has 0 bridgehead atoms. The summed E-state index contributed by atoms with van der Waals surface area (Å²) in [7, 11) is 0. The van der Waals surface area contributed by atoms with Crippen molar-refractivity contribution in [3.63, 3.8) is 0 Å². The molecule has 0 fully saturated rings. The first-order valence-electron chi connectivity index (χ1n) is 6.80. The van der Waals surface area contributed by atoms with Gasteiger partial charge in [-0.2, -0.15) is 5.10 Å². The van der Waals surface area contributed by atoms with E-state index in [4.69, 9.17) is 0 Å². The maximum Gasteiger partial charge on any atom is 0.269 e. The molecule has 0 radical (unpaired) electrons. The summed E-state index contributed by atoms with van der Waals surface area (Å²) < 4.78 is 1.80. The van der Waals surface area contributed by atoms with Crippen molar-refractivity contribution in [1.82, 2.24) is 9.78 Å². The van der Waals surface area contributed by atoms with Crippen molar-refractivity contribution < 1.29 is 4.92 Å². The molecule has 3 rings (SSSR count). The topological polar surface area (TPSA) is 73.0 Å². The minimum Gasteiger partial charge on any atom is -0.381 e. The lowest BCUT2D eigenvalue weighted by Crippen LogP contribution is -2.00. The number of aromatic nitrogens is 2. The number of nitro groups is 1. The second-order valence-corrected chi connectivity index (χ2v) is 4.77. The highest BCUT2D eigenvalue weighted by Gasteiger charge is 2.03. The maximum absolute atomic E-state index is 10.6. The van der Waals surface area contributed by atoms with E-state index >= 15 is 0 Å². The van der Waals surface area contributed by atoms with E-state index in [1.54, 1.807) is 23.0 Å². The summed E-state index contributed by atoms with van der Waals surface area (Å²) in [6, 6.07) is 16.3. The predicted molar refractivity (Wildman–Crippen MR) is 84.0 cm³/mol. The Kier molecular flexibility index (Phi) is 3.82. The zero-order valence-electron chi connectivity index (χ0n) is 11.7. The van der Waals surface area contributed by atoms with Crippen LogP contribution in [0.25, 0.3) is 5.69 Å². The van der Waals surface area contributed by atoms with Crippen molar-refractivity contribution in [3.8, 4) is 5.69 Å². The van der Waals surface area contributed by atoms with Crippen LogP contribution in [0.3, 0.4) is 0 Å². The van der Waals surface area contributed by atoms with E-state index in [9.17, 15) is 10.1 Å². The third kappa shape index (κ3) is 3.12. The summed E-state index contributed by atoms with van der Waals surface area (Å²) in [5.41, 5.74) is 3.06. The Morgan fingerprint density at radius 2 is 1.82 bits per heavy atom. The van der Waals surface area contributed by atoms with Gasteiger partial charge >= 0.3 is 0 Å². The van der Waals surface area contributed by atoms with E-state index < -0.39 is 4.92 Å². The lowest BCUT2D eigenvalue weighted by atomic mass is 10.2. The second kappa shape index (κ2) is 6.09. The van der Waals surface area contributed by atoms with Gasteiger partial charge in [0.15, 0.2) is 0 Å². The van der Waals surface area contributed by atoms with Gasteiger partial charge in [0, 0.05) is 36.8 Å². The molecule has 0 spiro atoms. The first-order chi connectivity index (χ1) is 10.7. The van der Waals surface area contributed by atoms with E-state index in [-0.39, 0.29) is 5.69 Å². The van der Waals surface area contributed by atoms with Crippen molar-refractivity contribution in [1.29, 1.82) is 0 Å². The van der Waals surface area contributed by atoms with Crippen molar-refractivity contribution >= 4 is 11.4 Å². The van der Waals surface area contributed by atoms with Gasteiger partial charge in [0.2, 0.25) is 0 Å². The number of hydrogen-bond donors (Lipinski definition) is 1. The minimum absolute atomic E-state index is 0.0918. The van der Waals surface area contributed by atoms with Crippen LogP contribution >= 0.6 is 0 Å². The first-order valence-corrected chi connectivity index (χ1v) is 6.80. The number of rotatable bonds is 5. The monoisotopic (exact) mass is 294 g/mol. The van der Waals surface area contributed by atoms with Crippen LogP contribution in [-0.2, 0) is 6.54 Å². The van der Waals surface area contributed by atoms with Crippen molar-refractivity contribution in [2.75, 3.05) is 5.32 Å². The van der Waals surface area contributed by atoms with Gasteiger partial charge in [-0.15, -0.1) is 0 Å². The van der Waals surface area contributed by atoms with Crippen molar-refractivity contribution in [3.05, 3.63) is 82.7 Å². The third-order valence-corrected chi connectivity index (χ3v) is 3.28. The Bertz CT molecular complexity index is 750. The zero-order chi connectivity index (χ0) is 15.4. The fourth-order valence-corrected chi connectivity index (χ4v) is 2.09. The third-order valence-electron chi connectivity index (χ3n) is 3.28. The summed E-state index contributed by atoms with van der Waals surface area (Å²) in [4.78, 5) is 10.2. The molecule has 3 aromatic rings. The lowest BCUT2D eigenvalue weighted by Gasteiger charge is -2.07. The molecule has 110 valence electrons. The normalized spacial score (nSPS) is 10.4. The maximum atomic E-state index is 10.6. The molecule has 6 nitrogen and oxygen atoms in total. The number of nitrogens with one attached hydrogen (secondary N) is 1. The molecule has 0 saturated heterocycles. The van der Waals surface area contributed by atoms with E-state index in [1.807, 2.05) is 36.5 Å². The highest BCUT2D eigenvalue weighted by molar-refractivity contribution is 5.49. The van der Waals surface area contributed by atoms with E-state index in [1.165, 1.54) is 12.1 Å². The van der Waals surface area contributed by atoms with E-state index in [0.29, 0.717) is 6.54 Å². The van der Waals surface area contributed by atoms with Gasteiger partial charge in [-0.1, -0.05) is 12.1 Å². The number of anilines is 1. The van der Waals surface area contributed by atoms with Crippen molar-refractivity contribution in [2.24, 2.45) is 0 Å². The fraction of sp³-hybridized carbons (Fsp3) is 0.0625. The summed E-state index contributed by atoms with van der Waals surface area (Å²) in [5.74, 6) is 0. The Balaban J connectivity index is 1.63. The molecule has 22 heavy (non-hydrogen) atoms. The molecular weight excluding hydrogens is 280 g/mol. The van der Waals surface area contributed by atoms with Gasteiger partial charge < -0.3 is 5.32 Å². The number of nitro benzene ring substituents is 1. The molecule has 0 amide bonds. The first kappa shape index (κ1) is 13.8. The molecule has 2 aromatic carbocycles. The van der Waals surface area contributed by atoms with Crippen LogP contribution in [0.15, 0.2) is 67.0 Å². The molecule has 6 heteroatoms. The Morgan fingerprint density at radius 1 is 1.09 bits per heavy atom. The molecule has 1 aromatic heterocycles. The molecular formula is C16H14N4O2. The van der Waals surface area contributed by atoms with Crippen LogP contribution in [-0.4, -0.2) is 14.7 Å². The largest absolute Gasteiger partial charge is 0.381 e. The molecule has 0 atom stereocenters. The Morgan fingerprint density at radius 3 is 2.41 bits per heavy atom. The zero-order valence-corrected chi connectivity index (χ0v) is 11.7. The SMILES string of the molecule is O=[N+]([O-])c1ccc(NCc2ccc(-n3cccn3)cc2)cc1. The molecule has 0 saturated carbocycles. The minimum atomic E-state index is -0.405. The van der Waals surface area contributed by atoms with E-state index in [2.05, 4.69) is 10.4 Å². The van der Waals surface area contributed by atoms with Gasteiger partial charge in [-0.25, -0.2) is 4.68 Å². The summed E-state index contributed by atoms with van der Waals surface area (Å²) >= 11 is 0. The van der Waals surface area contributed by atoms with E-state index in [0.717, 1.165) is 16.9 Å². The van der Waals surface area contributed by atoms with Gasteiger partial charge in [-0.3, -0.25) is 10.1 Å². The molecule has 0 aliphatic heterocycles. The summed E-state index contributed by atoms with van der Waals surface area (Å²) in [5, 5.41) is 18.0. The highest BCUT2D eigenvalue weighted by atomic mass is 16.6. The van der Waals surface area contributed by atoms with Crippen LogP contribution in [0.4, 0.5) is 11.4 Å². The smallest absolute Gasteiger partial charge is 0.269 e. The van der Waals surface area contributed by atoms with Crippen molar-refractivity contribution in [2.45, 2.75) is 6.54 Å². The number of nitrogens with zero attached hydrogens (tertiary/aromatic N) is 3. The van der Waals surface area contributed by atoms with Crippen LogP contribution in [0, 0.1) is 10.1 Å². The highest BCUT2D eigenvalue weighted by Crippen LogP contribution is 2.16. The lowest BCUT2D eigenvalue weighted by molar-refractivity contribution is -0.384. The number of non-ortho nitro benzene ring substituents is 1. The molecule has 0 unspecified atom stereocenters. The number of benzene rings is 2. The Hall–Kier alpha value is -3.15. The fourth-order valence-electron chi connectivity index (χ4n) is 2.09. The van der Waals surface area contributed by atoms with Gasteiger partial charge in [0.1, 0.15) is 0 Å². The molecule has 0 aliphatic carbocycles. The van der Waals surface area contributed by atoms with Gasteiger partial charge in [0.05, 0.1) is 10.6 Å². The Labute approximate surface area is 127 Å². The second-order valence-electron chi connectivity index (χ2n) is 4.77. The molecule has 1 heterocycles. The van der Waals surface area contributed by atoms with Crippen LogP contribution in [0.2, 0.25) is 0 Å². The van der Waals surface area contributed by atoms with Crippen LogP contribution in [0.5, 0.6) is 0 Å². The van der Waals surface area contributed by atoms with Gasteiger partial charge in [-0.05, 0) is 35.9 Å². The predicted octanol–water partition coefficient (Wildman–Crippen LogP) is 3.39. The number of hydrogen-bond acceptors (Lipinski definition) is 4. The molecule has 1 N–H and O–H groups in total. The molecule has 0 aliphatic rings. The average Bonchev–Trinajstić information content (AvgIpc) is 3.08. The van der Waals surface area contributed by atoms with Gasteiger partial charge in [0.25, 0.3) is 5.69 Å². The van der Waals surface area contributed by atoms with Crippen LogP contribution < -0.4 is 5.32 Å². The standard InChI is InChI=1S/C16H14N4O2/c21-20(22)16-8-4-14(5-9-16)17-12-13-2-6-15(7-3-13)19-11-1-10-18-19/h1-11,17H,12H2.